The van der Waals surface area contributed by atoms with Gasteiger partial charge in [0.1, 0.15) is 0 Å². The number of carboxylic acids is 1. The summed E-state index contributed by atoms with van der Waals surface area (Å²) in [5, 5.41) is 9.77. The van der Waals surface area contributed by atoms with Crippen LogP contribution in [0.15, 0.2) is 41.4 Å². The van der Waals surface area contributed by atoms with Gasteiger partial charge in [-0.25, -0.2) is 4.79 Å². The molecule has 0 radical (unpaired) electrons. The molecule has 0 bridgehead atoms. The summed E-state index contributed by atoms with van der Waals surface area (Å²) >= 11 is 12.1. The number of hydrogen-bond donors (Lipinski definition) is 1. The summed E-state index contributed by atoms with van der Waals surface area (Å²) in [7, 11) is 1.47. The van der Waals surface area contributed by atoms with Gasteiger partial charge < -0.3 is 14.6 Å². The molecule has 0 heterocycles. The second-order valence-corrected chi connectivity index (χ2v) is 5.59. The summed E-state index contributed by atoms with van der Waals surface area (Å²) in [5.74, 6) is -0.386. The number of benzene rings is 2. The van der Waals surface area contributed by atoms with Gasteiger partial charge in [-0.2, -0.15) is 0 Å². The summed E-state index contributed by atoms with van der Waals surface area (Å²) in [4.78, 5) is 15.3. The molecule has 5 nitrogen and oxygen atoms in total. The van der Waals surface area contributed by atoms with Gasteiger partial charge in [0.15, 0.2) is 17.6 Å². The van der Waals surface area contributed by atoms with Gasteiger partial charge in [-0.1, -0.05) is 35.3 Å². The molecule has 0 aliphatic heterocycles. The number of aliphatic imine (C=N–C) groups is 1. The van der Waals surface area contributed by atoms with Crippen molar-refractivity contribution in [2.45, 2.75) is 13.0 Å². The van der Waals surface area contributed by atoms with Gasteiger partial charge in [-0.05, 0) is 31.2 Å². The molecule has 1 N–H and O–H groups in total. The summed E-state index contributed by atoms with van der Waals surface area (Å²) in [6, 6.07) is 10.3. The van der Waals surface area contributed by atoms with Crippen LogP contribution < -0.4 is 9.47 Å². The number of methoxy groups -OCH3 is 1. The number of rotatable bonds is 6. The van der Waals surface area contributed by atoms with Gasteiger partial charge in [0.2, 0.25) is 0 Å². The van der Waals surface area contributed by atoms with Gasteiger partial charge in [0, 0.05) is 11.8 Å². The molecule has 0 saturated carbocycles. The van der Waals surface area contributed by atoms with Crippen LogP contribution in [0.3, 0.4) is 0 Å². The van der Waals surface area contributed by atoms with Crippen molar-refractivity contribution in [2.24, 2.45) is 4.99 Å². The van der Waals surface area contributed by atoms with Crippen molar-refractivity contribution in [3.63, 3.8) is 0 Å². The van der Waals surface area contributed by atoms with Crippen LogP contribution in [0, 0.1) is 0 Å². The zero-order valence-electron chi connectivity index (χ0n) is 13.0. The molecule has 0 saturated heterocycles. The minimum Gasteiger partial charge on any atom is -0.493 e. The SMILES string of the molecule is COc1cccc(C=Nc2cccc(Cl)c2Cl)c1O[C@H](C)C(=O)O. The molecular weight excluding hydrogens is 353 g/mol. The molecule has 24 heavy (non-hydrogen) atoms. The highest BCUT2D eigenvalue weighted by atomic mass is 35.5. The van der Waals surface area contributed by atoms with E-state index in [9.17, 15) is 4.79 Å². The second kappa shape index (κ2) is 8.04. The zero-order chi connectivity index (χ0) is 17.7. The summed E-state index contributed by atoms with van der Waals surface area (Å²) in [6.45, 7) is 1.43. The number of carboxylic acid groups (broad SMARTS) is 1. The molecule has 0 aliphatic carbocycles. The maximum atomic E-state index is 11.0. The molecule has 0 aliphatic rings. The van der Waals surface area contributed by atoms with E-state index in [1.165, 1.54) is 20.2 Å². The maximum absolute atomic E-state index is 11.0. The van der Waals surface area contributed by atoms with Crippen LogP contribution in [0.5, 0.6) is 11.5 Å². The van der Waals surface area contributed by atoms with Crippen molar-refractivity contribution in [2.75, 3.05) is 7.11 Å². The fraction of sp³-hybridized carbons (Fsp3) is 0.176. The van der Waals surface area contributed by atoms with Crippen LogP contribution in [0.2, 0.25) is 10.0 Å². The van der Waals surface area contributed by atoms with E-state index >= 15 is 0 Å². The minimum absolute atomic E-state index is 0.289. The molecule has 2 aromatic carbocycles. The van der Waals surface area contributed by atoms with Crippen molar-refractivity contribution in [1.29, 1.82) is 0 Å². The lowest BCUT2D eigenvalue weighted by molar-refractivity contribution is -0.144. The number of aliphatic carboxylic acids is 1. The monoisotopic (exact) mass is 367 g/mol. The van der Waals surface area contributed by atoms with Crippen molar-refractivity contribution < 1.29 is 19.4 Å². The Kier molecular flexibility index (Phi) is 6.06. The second-order valence-electron chi connectivity index (χ2n) is 4.81. The molecule has 126 valence electrons. The molecule has 7 heteroatoms. The predicted octanol–water partition coefficient (Wildman–Crippen LogP) is 4.60. The van der Waals surface area contributed by atoms with Gasteiger partial charge in [-0.3, -0.25) is 4.99 Å². The van der Waals surface area contributed by atoms with Crippen LogP contribution in [0.25, 0.3) is 0 Å². The van der Waals surface area contributed by atoms with Crippen molar-refractivity contribution in [1.82, 2.24) is 0 Å². The number of nitrogens with zero attached hydrogens (tertiary/aromatic N) is 1. The standard InChI is InChI=1S/C17H15Cl2NO4/c1-10(17(21)22)24-16-11(5-3-8-14(16)23-2)9-20-13-7-4-6-12(18)15(13)19/h3-10H,1-2H3,(H,21,22)/t10-/m1/s1. The lowest BCUT2D eigenvalue weighted by Crippen LogP contribution is -2.23. The maximum Gasteiger partial charge on any atom is 0.344 e. The van der Waals surface area contributed by atoms with E-state index in [1.807, 2.05) is 0 Å². The Balaban J connectivity index is 2.40. The van der Waals surface area contributed by atoms with Gasteiger partial charge in [0.25, 0.3) is 0 Å². The Bertz CT molecular complexity index is 777. The molecule has 0 aromatic heterocycles. The van der Waals surface area contributed by atoms with Crippen LogP contribution in [-0.2, 0) is 4.79 Å². The number of halogens is 2. The van der Waals surface area contributed by atoms with E-state index in [2.05, 4.69) is 4.99 Å². The Morgan fingerprint density at radius 3 is 2.62 bits per heavy atom. The van der Waals surface area contributed by atoms with E-state index in [0.717, 1.165) is 0 Å². The minimum atomic E-state index is -1.08. The molecule has 2 rings (SSSR count). The first-order valence-electron chi connectivity index (χ1n) is 6.98. The van der Waals surface area contributed by atoms with Gasteiger partial charge in [-0.15, -0.1) is 0 Å². The van der Waals surface area contributed by atoms with Crippen LogP contribution in [0.1, 0.15) is 12.5 Å². The molecular formula is C17H15Cl2NO4. The van der Waals surface area contributed by atoms with Crippen molar-refractivity contribution >= 4 is 41.1 Å². The normalized spacial score (nSPS) is 12.2. The number of hydrogen-bond acceptors (Lipinski definition) is 4. The van der Waals surface area contributed by atoms with E-state index in [1.54, 1.807) is 36.4 Å². The fourth-order valence-corrected chi connectivity index (χ4v) is 2.22. The third kappa shape index (κ3) is 4.19. The van der Waals surface area contributed by atoms with Crippen molar-refractivity contribution in [3.05, 3.63) is 52.0 Å². The molecule has 2 aromatic rings. The van der Waals surface area contributed by atoms with Gasteiger partial charge in [0.05, 0.1) is 22.8 Å². The first-order valence-corrected chi connectivity index (χ1v) is 7.74. The third-order valence-electron chi connectivity index (χ3n) is 3.15. The smallest absolute Gasteiger partial charge is 0.344 e. The lowest BCUT2D eigenvalue weighted by Gasteiger charge is -2.15. The van der Waals surface area contributed by atoms with E-state index in [4.69, 9.17) is 37.8 Å². The van der Waals surface area contributed by atoms with Crippen molar-refractivity contribution in [3.8, 4) is 11.5 Å². The third-order valence-corrected chi connectivity index (χ3v) is 3.95. The summed E-state index contributed by atoms with van der Waals surface area (Å²) in [5.41, 5.74) is 1.04. The first kappa shape index (κ1) is 18.1. The van der Waals surface area contributed by atoms with E-state index in [-0.39, 0.29) is 5.75 Å². The molecule has 0 unspecified atom stereocenters. The average molecular weight is 368 g/mol. The first-order chi connectivity index (χ1) is 11.4. The highest BCUT2D eigenvalue weighted by molar-refractivity contribution is 6.43. The Hall–Kier alpha value is -2.24. The number of carbonyl (C=O) groups is 1. The Morgan fingerprint density at radius 1 is 1.25 bits per heavy atom. The Labute approximate surface area is 149 Å². The number of para-hydroxylation sites is 1. The lowest BCUT2D eigenvalue weighted by atomic mass is 10.2. The molecule has 0 amide bonds. The molecule has 0 fully saturated rings. The quantitative estimate of drug-likeness (QED) is 0.757. The van der Waals surface area contributed by atoms with E-state index < -0.39 is 12.1 Å². The van der Waals surface area contributed by atoms with Gasteiger partial charge >= 0.3 is 5.97 Å². The largest absolute Gasteiger partial charge is 0.493 e. The highest BCUT2D eigenvalue weighted by Crippen LogP contribution is 2.34. The topological polar surface area (TPSA) is 68.1 Å². The summed E-state index contributed by atoms with van der Waals surface area (Å²) in [6.07, 6.45) is 0.479. The van der Waals surface area contributed by atoms with E-state index in [0.29, 0.717) is 27.0 Å². The fourth-order valence-electron chi connectivity index (χ4n) is 1.88. The van der Waals surface area contributed by atoms with Crippen LogP contribution in [0.4, 0.5) is 5.69 Å². The average Bonchev–Trinajstić information content (AvgIpc) is 2.56. The number of ether oxygens (including phenoxy) is 2. The predicted molar refractivity (Wildman–Crippen MR) is 94.4 cm³/mol. The van der Waals surface area contributed by atoms with Crippen LogP contribution >= 0.6 is 23.2 Å². The molecule has 0 spiro atoms. The molecule has 1 atom stereocenters. The summed E-state index contributed by atoms with van der Waals surface area (Å²) < 4.78 is 10.7. The highest BCUT2D eigenvalue weighted by Gasteiger charge is 2.18. The van der Waals surface area contributed by atoms with Crippen LogP contribution in [-0.4, -0.2) is 30.5 Å². The zero-order valence-corrected chi connectivity index (χ0v) is 14.5. The Morgan fingerprint density at radius 2 is 1.96 bits per heavy atom.